The van der Waals surface area contributed by atoms with E-state index in [1.807, 2.05) is 19.1 Å². The summed E-state index contributed by atoms with van der Waals surface area (Å²) in [5.41, 5.74) is 1.87. The molecule has 2 aromatic carbocycles. The first-order valence-electron chi connectivity index (χ1n) is 8.56. The van der Waals surface area contributed by atoms with Crippen LogP contribution in [-0.4, -0.2) is 43.5 Å². The van der Waals surface area contributed by atoms with E-state index in [1.165, 1.54) is 7.11 Å². The molecule has 0 saturated carbocycles. The Kier molecular flexibility index (Phi) is 7.40. The first kappa shape index (κ1) is 21.2. The van der Waals surface area contributed by atoms with Crippen LogP contribution in [0.25, 0.3) is 0 Å². The van der Waals surface area contributed by atoms with Crippen LogP contribution in [0.5, 0.6) is 0 Å². The molecule has 28 heavy (non-hydrogen) atoms. The monoisotopic (exact) mass is 403 g/mol. The highest BCUT2D eigenvalue weighted by atomic mass is 35.5. The van der Waals surface area contributed by atoms with Gasteiger partial charge in [0.05, 0.1) is 13.2 Å². The van der Waals surface area contributed by atoms with E-state index in [4.69, 9.17) is 11.6 Å². The zero-order valence-electron chi connectivity index (χ0n) is 15.9. The Morgan fingerprint density at radius 1 is 1.07 bits per heavy atom. The fraction of sp³-hybridized carbons (Fsp3) is 0.250. The molecule has 0 heterocycles. The van der Waals surface area contributed by atoms with Gasteiger partial charge in [-0.1, -0.05) is 23.7 Å². The molecular formula is C20H22ClN3O4. The number of hydrogen-bond acceptors (Lipinski definition) is 4. The van der Waals surface area contributed by atoms with Crippen molar-refractivity contribution in [1.29, 1.82) is 0 Å². The number of esters is 1. The van der Waals surface area contributed by atoms with Gasteiger partial charge >= 0.3 is 12.0 Å². The molecule has 2 N–H and O–H groups in total. The maximum atomic E-state index is 12.5. The van der Waals surface area contributed by atoms with E-state index in [1.54, 1.807) is 48.3 Å². The molecule has 0 spiro atoms. The summed E-state index contributed by atoms with van der Waals surface area (Å²) >= 11 is 5.90. The van der Waals surface area contributed by atoms with Crippen LogP contribution < -0.4 is 10.6 Å². The maximum Gasteiger partial charge on any atom is 0.325 e. The molecule has 8 heteroatoms. The minimum Gasteiger partial charge on any atom is -0.468 e. The number of urea groups is 1. The van der Waals surface area contributed by atoms with Gasteiger partial charge in [0, 0.05) is 23.3 Å². The third-order valence-corrected chi connectivity index (χ3v) is 4.52. The molecule has 1 atom stereocenters. The summed E-state index contributed by atoms with van der Waals surface area (Å²) in [5, 5.41) is 5.87. The quantitative estimate of drug-likeness (QED) is 0.723. The normalized spacial score (nSPS) is 11.3. The van der Waals surface area contributed by atoms with Crippen LogP contribution in [0.1, 0.15) is 28.9 Å². The summed E-state index contributed by atoms with van der Waals surface area (Å²) < 4.78 is 4.47. The molecule has 148 valence electrons. The van der Waals surface area contributed by atoms with Crippen LogP contribution in [-0.2, 0) is 9.53 Å². The molecule has 0 aliphatic heterocycles. The lowest BCUT2D eigenvalue weighted by Crippen LogP contribution is -2.33. The Balaban J connectivity index is 1.95. The van der Waals surface area contributed by atoms with Gasteiger partial charge in [-0.25, -0.2) is 4.79 Å². The molecule has 0 aliphatic carbocycles. The number of halogens is 1. The third-order valence-electron chi connectivity index (χ3n) is 4.27. The third kappa shape index (κ3) is 5.72. The summed E-state index contributed by atoms with van der Waals surface area (Å²) in [4.78, 5) is 37.1. The van der Waals surface area contributed by atoms with E-state index in [9.17, 15) is 14.4 Å². The minimum absolute atomic E-state index is 0.152. The Hall–Kier alpha value is -3.06. The predicted octanol–water partition coefficient (Wildman–Crippen LogP) is 3.47. The Morgan fingerprint density at radius 2 is 1.68 bits per heavy atom. The molecule has 0 aromatic heterocycles. The first-order chi connectivity index (χ1) is 13.3. The van der Waals surface area contributed by atoms with Crippen molar-refractivity contribution in [2.75, 3.05) is 26.0 Å². The molecular weight excluding hydrogens is 382 g/mol. The summed E-state index contributed by atoms with van der Waals surface area (Å²) in [5.74, 6) is -0.938. The van der Waals surface area contributed by atoms with Gasteiger partial charge in [-0.15, -0.1) is 0 Å². The standard InChI is InChI=1S/C20H22ClN3O4/c1-13(14-4-8-16(21)9-5-14)24(2)20(27)23-17-10-6-15(7-11-17)19(26)22-12-18(25)28-3/h4-11,13H,12H2,1-3H3,(H,22,26)(H,23,27). The van der Waals surface area contributed by atoms with E-state index in [0.717, 1.165) is 5.56 Å². The molecule has 0 radical (unpaired) electrons. The van der Waals surface area contributed by atoms with Crippen molar-refractivity contribution in [2.45, 2.75) is 13.0 Å². The second kappa shape index (κ2) is 9.75. The number of amides is 3. The van der Waals surface area contributed by atoms with Crippen LogP contribution in [0.3, 0.4) is 0 Å². The number of nitrogens with one attached hydrogen (secondary N) is 2. The fourth-order valence-corrected chi connectivity index (χ4v) is 2.51. The lowest BCUT2D eigenvalue weighted by molar-refractivity contribution is -0.139. The molecule has 0 aliphatic rings. The smallest absolute Gasteiger partial charge is 0.325 e. The van der Waals surface area contributed by atoms with E-state index >= 15 is 0 Å². The fourth-order valence-electron chi connectivity index (χ4n) is 2.38. The van der Waals surface area contributed by atoms with E-state index < -0.39 is 11.9 Å². The largest absolute Gasteiger partial charge is 0.468 e. The lowest BCUT2D eigenvalue weighted by Gasteiger charge is -2.25. The van der Waals surface area contributed by atoms with Crippen LogP contribution >= 0.6 is 11.6 Å². The number of carbonyl (C=O) groups excluding carboxylic acids is 3. The Labute approximate surface area is 168 Å². The van der Waals surface area contributed by atoms with Crippen molar-refractivity contribution in [3.05, 3.63) is 64.7 Å². The van der Waals surface area contributed by atoms with Gasteiger partial charge in [-0.2, -0.15) is 0 Å². The number of methoxy groups -OCH3 is 1. The number of benzene rings is 2. The Morgan fingerprint density at radius 3 is 2.25 bits per heavy atom. The topological polar surface area (TPSA) is 87.7 Å². The summed E-state index contributed by atoms with van der Waals surface area (Å²) in [7, 11) is 2.94. The number of nitrogens with zero attached hydrogens (tertiary/aromatic N) is 1. The zero-order chi connectivity index (χ0) is 20.7. The van der Waals surface area contributed by atoms with Gasteiger partial charge in [0.25, 0.3) is 5.91 Å². The Bertz CT molecular complexity index is 838. The number of rotatable bonds is 6. The molecule has 2 rings (SSSR count). The average Bonchev–Trinajstić information content (AvgIpc) is 2.71. The van der Waals surface area contributed by atoms with Crippen molar-refractivity contribution in [3.8, 4) is 0 Å². The van der Waals surface area contributed by atoms with E-state index in [2.05, 4.69) is 15.4 Å². The van der Waals surface area contributed by atoms with Gasteiger partial charge in [0.2, 0.25) is 0 Å². The van der Waals surface area contributed by atoms with Gasteiger partial charge < -0.3 is 20.3 Å². The van der Waals surface area contributed by atoms with Gasteiger partial charge in [0.15, 0.2) is 0 Å². The summed E-state index contributed by atoms with van der Waals surface area (Å²) in [6.07, 6.45) is 0. The minimum atomic E-state index is -0.532. The summed E-state index contributed by atoms with van der Waals surface area (Å²) in [6, 6.07) is 13.2. The number of ether oxygens (including phenoxy) is 1. The second-order valence-electron chi connectivity index (χ2n) is 6.10. The predicted molar refractivity (Wildman–Crippen MR) is 107 cm³/mol. The van der Waals surface area contributed by atoms with Crippen LogP contribution in [0.2, 0.25) is 5.02 Å². The number of carbonyl (C=O) groups is 3. The van der Waals surface area contributed by atoms with Crippen molar-refractivity contribution >= 4 is 35.2 Å². The molecule has 0 bridgehead atoms. The maximum absolute atomic E-state index is 12.5. The van der Waals surface area contributed by atoms with Gasteiger partial charge in [0.1, 0.15) is 6.54 Å². The van der Waals surface area contributed by atoms with Crippen LogP contribution in [0.4, 0.5) is 10.5 Å². The van der Waals surface area contributed by atoms with Crippen molar-refractivity contribution in [3.63, 3.8) is 0 Å². The molecule has 2 aromatic rings. The van der Waals surface area contributed by atoms with Crippen molar-refractivity contribution in [1.82, 2.24) is 10.2 Å². The summed E-state index contributed by atoms with van der Waals surface area (Å²) in [6.45, 7) is 1.71. The zero-order valence-corrected chi connectivity index (χ0v) is 16.6. The number of hydrogen-bond donors (Lipinski definition) is 2. The molecule has 3 amide bonds. The molecule has 0 saturated heterocycles. The van der Waals surface area contributed by atoms with Crippen LogP contribution in [0, 0.1) is 0 Å². The highest BCUT2D eigenvalue weighted by molar-refractivity contribution is 6.30. The van der Waals surface area contributed by atoms with Gasteiger partial charge in [-0.3, -0.25) is 9.59 Å². The average molecular weight is 404 g/mol. The van der Waals surface area contributed by atoms with E-state index in [-0.39, 0.29) is 18.6 Å². The van der Waals surface area contributed by atoms with E-state index in [0.29, 0.717) is 16.3 Å². The highest BCUT2D eigenvalue weighted by Gasteiger charge is 2.17. The lowest BCUT2D eigenvalue weighted by atomic mass is 10.1. The first-order valence-corrected chi connectivity index (χ1v) is 8.94. The molecule has 0 fully saturated rings. The van der Waals surface area contributed by atoms with Crippen LogP contribution in [0.15, 0.2) is 48.5 Å². The molecule has 1 unspecified atom stereocenters. The van der Waals surface area contributed by atoms with Crippen molar-refractivity contribution in [2.24, 2.45) is 0 Å². The SMILES string of the molecule is COC(=O)CNC(=O)c1ccc(NC(=O)N(C)C(C)c2ccc(Cl)cc2)cc1. The van der Waals surface area contributed by atoms with Gasteiger partial charge in [-0.05, 0) is 48.9 Å². The molecule has 7 nitrogen and oxygen atoms in total. The second-order valence-corrected chi connectivity index (χ2v) is 6.54. The van der Waals surface area contributed by atoms with Crippen molar-refractivity contribution < 1.29 is 19.1 Å². The number of anilines is 1. The highest BCUT2D eigenvalue weighted by Crippen LogP contribution is 2.21.